The van der Waals surface area contributed by atoms with E-state index in [-0.39, 0.29) is 28.5 Å². The third-order valence-electron chi connectivity index (χ3n) is 4.04. The van der Waals surface area contributed by atoms with Crippen LogP contribution in [0.5, 0.6) is 0 Å². The van der Waals surface area contributed by atoms with Crippen molar-refractivity contribution in [2.75, 3.05) is 25.4 Å². The second-order valence-electron chi connectivity index (χ2n) is 6.04. The maximum Gasteiger partial charge on any atom is 0.339 e. The zero-order valence-electron chi connectivity index (χ0n) is 15.1. The summed E-state index contributed by atoms with van der Waals surface area (Å²) in [5, 5.41) is 8.92. The maximum absolute atomic E-state index is 12.3. The van der Waals surface area contributed by atoms with Gasteiger partial charge in [0.2, 0.25) is 11.7 Å². The van der Waals surface area contributed by atoms with E-state index in [1.807, 2.05) is 4.90 Å². The van der Waals surface area contributed by atoms with E-state index in [9.17, 15) is 14.4 Å². The van der Waals surface area contributed by atoms with Crippen molar-refractivity contribution in [1.29, 1.82) is 5.26 Å². The van der Waals surface area contributed by atoms with Crippen molar-refractivity contribution in [2.24, 2.45) is 5.73 Å². The fraction of sp³-hybridized carbons (Fsp3) is 0.368. The summed E-state index contributed by atoms with van der Waals surface area (Å²) in [7, 11) is 0. The summed E-state index contributed by atoms with van der Waals surface area (Å²) in [5.74, 6) is -1.07. The largest absolute Gasteiger partial charge is 0.454 e. The lowest BCUT2D eigenvalue weighted by Gasteiger charge is -2.15. The molecule has 1 aromatic rings. The van der Waals surface area contributed by atoms with Crippen molar-refractivity contribution in [1.82, 2.24) is 4.90 Å². The normalized spacial score (nSPS) is 14.3. The summed E-state index contributed by atoms with van der Waals surface area (Å²) in [6.07, 6.45) is 2.05. The van der Waals surface area contributed by atoms with Crippen LogP contribution >= 0.6 is 11.8 Å². The van der Waals surface area contributed by atoms with Gasteiger partial charge in [0, 0.05) is 23.7 Å². The summed E-state index contributed by atoms with van der Waals surface area (Å²) in [6, 6.07) is 8.44. The molecule has 2 rings (SSSR count). The lowest BCUT2D eigenvalue weighted by molar-refractivity contribution is -0.127. The molecule has 8 heteroatoms. The molecule has 0 aromatic heterocycles. The molecule has 0 spiro atoms. The predicted molar refractivity (Wildman–Crippen MR) is 101 cm³/mol. The summed E-state index contributed by atoms with van der Waals surface area (Å²) in [4.78, 5) is 38.8. The molecule has 0 bridgehead atoms. The number of benzene rings is 1. The topological polar surface area (TPSA) is 113 Å². The number of hydrogen-bond acceptors (Lipinski definition) is 7. The van der Waals surface area contributed by atoms with Gasteiger partial charge >= 0.3 is 5.97 Å². The first-order chi connectivity index (χ1) is 12.9. The van der Waals surface area contributed by atoms with E-state index in [2.05, 4.69) is 0 Å². The first-order valence-electron chi connectivity index (χ1n) is 8.50. The van der Waals surface area contributed by atoms with E-state index in [0.29, 0.717) is 4.90 Å². The van der Waals surface area contributed by atoms with E-state index in [0.717, 1.165) is 25.9 Å². The number of rotatable bonds is 7. The average Bonchev–Trinajstić information content (AvgIpc) is 3.19. The molecule has 1 fully saturated rings. The molecule has 0 atom stereocenters. The summed E-state index contributed by atoms with van der Waals surface area (Å²) >= 11 is 1.26. The van der Waals surface area contributed by atoms with Crippen LogP contribution in [-0.4, -0.2) is 48.0 Å². The number of nitrogens with zero attached hydrogens (tertiary/aromatic N) is 2. The van der Waals surface area contributed by atoms with Crippen LogP contribution in [0.3, 0.4) is 0 Å². The highest BCUT2D eigenvalue weighted by atomic mass is 32.2. The first-order valence-corrected chi connectivity index (χ1v) is 9.49. The Hall–Kier alpha value is -2.79. The molecule has 2 N–H and O–H groups in total. The molecule has 0 saturated carbocycles. The zero-order chi connectivity index (χ0) is 19.8. The highest BCUT2D eigenvalue weighted by Gasteiger charge is 2.20. The molecule has 1 heterocycles. The number of allylic oxidation sites excluding steroid dienone is 1. The predicted octanol–water partition coefficient (Wildman–Crippen LogP) is 1.88. The fourth-order valence-corrected chi connectivity index (χ4v) is 3.55. The average molecular weight is 387 g/mol. The van der Waals surface area contributed by atoms with Crippen molar-refractivity contribution in [2.45, 2.75) is 24.7 Å². The first kappa shape index (κ1) is 20.5. The number of carbonyl (C=O) groups is 3. The number of ether oxygens (including phenoxy) is 1. The summed E-state index contributed by atoms with van der Waals surface area (Å²) in [5.41, 5.74) is 5.60. The van der Waals surface area contributed by atoms with E-state index in [1.54, 1.807) is 30.3 Å². The summed E-state index contributed by atoms with van der Waals surface area (Å²) in [6.45, 7) is 2.42. The van der Waals surface area contributed by atoms with Gasteiger partial charge in [0.1, 0.15) is 11.6 Å². The molecule has 1 aliphatic heterocycles. The molecular formula is C19H21N3O4S. The van der Waals surface area contributed by atoms with Crippen LogP contribution < -0.4 is 5.73 Å². The maximum atomic E-state index is 12.3. The number of esters is 1. The van der Waals surface area contributed by atoms with Crippen molar-refractivity contribution in [3.8, 4) is 6.07 Å². The van der Waals surface area contributed by atoms with Gasteiger partial charge in [-0.25, -0.2) is 4.79 Å². The van der Waals surface area contributed by atoms with Gasteiger partial charge in [-0.15, -0.1) is 11.8 Å². The Morgan fingerprint density at radius 3 is 2.56 bits per heavy atom. The smallest absolute Gasteiger partial charge is 0.339 e. The minimum atomic E-state index is -0.688. The van der Waals surface area contributed by atoms with Crippen LogP contribution in [0.2, 0.25) is 0 Å². The van der Waals surface area contributed by atoms with Gasteiger partial charge < -0.3 is 15.4 Å². The third kappa shape index (κ3) is 5.59. The minimum Gasteiger partial charge on any atom is -0.454 e. The van der Waals surface area contributed by atoms with E-state index in [1.165, 1.54) is 18.7 Å². The Kier molecular flexibility index (Phi) is 7.44. The monoisotopic (exact) mass is 387 g/mol. The second-order valence-corrected chi connectivity index (χ2v) is 7.06. The molecule has 1 aliphatic rings. The Labute approximate surface area is 162 Å². The summed E-state index contributed by atoms with van der Waals surface area (Å²) < 4.78 is 5.03. The van der Waals surface area contributed by atoms with Gasteiger partial charge in [0.15, 0.2) is 6.61 Å². The van der Waals surface area contributed by atoms with Crippen LogP contribution in [0, 0.1) is 11.3 Å². The Balaban J connectivity index is 1.98. The third-order valence-corrected chi connectivity index (χ3v) is 5.09. The lowest BCUT2D eigenvalue weighted by Crippen LogP contribution is -2.29. The number of likely N-dealkylation sites (tertiary alicyclic amines) is 1. The van der Waals surface area contributed by atoms with Crippen LogP contribution in [-0.2, 0) is 14.3 Å². The molecule has 7 nitrogen and oxygen atoms in total. The molecule has 1 amide bonds. The minimum absolute atomic E-state index is 0.0399. The van der Waals surface area contributed by atoms with Crippen LogP contribution in [0.1, 0.15) is 30.1 Å². The van der Waals surface area contributed by atoms with Crippen molar-refractivity contribution in [3.63, 3.8) is 0 Å². The number of hydrogen-bond donors (Lipinski definition) is 1. The SMILES string of the molecule is CC(N)=C(C#N)C(=O)COC(=O)c1ccccc1SCC(=O)N1CCCC1. The van der Waals surface area contributed by atoms with Gasteiger partial charge in [0.05, 0.1) is 11.3 Å². The molecule has 0 aliphatic carbocycles. The Morgan fingerprint density at radius 1 is 1.26 bits per heavy atom. The molecule has 0 unspecified atom stereocenters. The van der Waals surface area contributed by atoms with Crippen LogP contribution in [0.15, 0.2) is 40.4 Å². The van der Waals surface area contributed by atoms with Gasteiger partial charge in [-0.1, -0.05) is 12.1 Å². The standard InChI is InChI=1S/C19H21N3O4S/c1-13(21)15(10-20)16(23)11-26-19(25)14-6-2-3-7-17(14)27-12-18(24)22-8-4-5-9-22/h2-3,6-7H,4-5,8-9,11-12,21H2,1H3. The number of Topliss-reactive ketones (excluding diaryl/α,β-unsaturated/α-hetero) is 1. The van der Waals surface area contributed by atoms with Gasteiger partial charge in [-0.3, -0.25) is 9.59 Å². The van der Waals surface area contributed by atoms with E-state index >= 15 is 0 Å². The number of carbonyl (C=O) groups excluding carboxylic acids is 3. The van der Waals surface area contributed by atoms with E-state index < -0.39 is 18.4 Å². The number of thioether (sulfide) groups is 1. The fourth-order valence-electron chi connectivity index (χ4n) is 2.61. The molecular weight excluding hydrogens is 366 g/mol. The van der Waals surface area contributed by atoms with Crippen molar-refractivity contribution >= 4 is 29.4 Å². The number of ketones is 1. The Morgan fingerprint density at radius 2 is 1.93 bits per heavy atom. The van der Waals surface area contributed by atoms with E-state index in [4.69, 9.17) is 15.7 Å². The van der Waals surface area contributed by atoms with Crippen LogP contribution in [0.25, 0.3) is 0 Å². The number of nitriles is 1. The number of nitrogens with two attached hydrogens (primary N) is 1. The van der Waals surface area contributed by atoms with Gasteiger partial charge in [0.25, 0.3) is 0 Å². The highest BCUT2D eigenvalue weighted by molar-refractivity contribution is 8.00. The molecule has 1 aromatic carbocycles. The zero-order valence-corrected chi connectivity index (χ0v) is 15.9. The van der Waals surface area contributed by atoms with Crippen molar-refractivity contribution < 1.29 is 19.1 Å². The Bertz CT molecular complexity index is 803. The molecule has 142 valence electrons. The molecule has 27 heavy (non-hydrogen) atoms. The highest BCUT2D eigenvalue weighted by Crippen LogP contribution is 2.24. The number of amides is 1. The van der Waals surface area contributed by atoms with Gasteiger partial charge in [-0.2, -0.15) is 5.26 Å². The quantitative estimate of drug-likeness (QED) is 0.329. The second kappa shape index (κ2) is 9.78. The van der Waals surface area contributed by atoms with Crippen molar-refractivity contribution in [3.05, 3.63) is 41.1 Å². The molecule has 0 radical (unpaired) electrons. The van der Waals surface area contributed by atoms with Crippen LogP contribution in [0.4, 0.5) is 0 Å². The lowest BCUT2D eigenvalue weighted by atomic mass is 10.1. The molecule has 1 saturated heterocycles. The van der Waals surface area contributed by atoms with Gasteiger partial charge in [-0.05, 0) is 31.9 Å².